The summed E-state index contributed by atoms with van der Waals surface area (Å²) in [5.41, 5.74) is 0. The molecule has 390 valence electrons. The van der Waals surface area contributed by atoms with Crippen LogP contribution >= 0.6 is 0 Å². The van der Waals surface area contributed by atoms with Crippen molar-refractivity contribution in [3.05, 3.63) is 24.3 Å². The first-order valence-electron chi connectivity index (χ1n) is 29.6. The van der Waals surface area contributed by atoms with Crippen LogP contribution in [0.5, 0.6) is 0 Å². The number of esters is 1. The molecule has 6 heteroatoms. The number of nitrogens with one attached hydrogen (secondary N) is 1. The molecule has 0 radical (unpaired) electrons. The zero-order chi connectivity index (χ0) is 47.9. The maximum atomic E-state index is 12.5. The second-order valence-electron chi connectivity index (χ2n) is 20.3. The zero-order valence-corrected chi connectivity index (χ0v) is 44.4. The molecule has 0 bridgehead atoms. The molecule has 0 rings (SSSR count). The van der Waals surface area contributed by atoms with E-state index in [9.17, 15) is 19.8 Å². The van der Waals surface area contributed by atoms with Crippen molar-refractivity contribution < 1.29 is 24.5 Å². The first kappa shape index (κ1) is 64.3. The summed E-state index contributed by atoms with van der Waals surface area (Å²) in [5, 5.41) is 23.3. The fraction of sp³-hybridized carbons (Fsp3) is 0.900. The van der Waals surface area contributed by atoms with E-state index in [0.717, 1.165) is 57.8 Å². The van der Waals surface area contributed by atoms with Gasteiger partial charge < -0.3 is 20.3 Å². The van der Waals surface area contributed by atoms with Crippen molar-refractivity contribution in [3.8, 4) is 0 Å². The van der Waals surface area contributed by atoms with Crippen LogP contribution in [0.15, 0.2) is 24.3 Å². The molecule has 0 fully saturated rings. The van der Waals surface area contributed by atoms with Crippen molar-refractivity contribution in [2.45, 2.75) is 334 Å². The monoisotopic (exact) mass is 930 g/mol. The van der Waals surface area contributed by atoms with Gasteiger partial charge in [0.25, 0.3) is 0 Å². The second kappa shape index (κ2) is 55.9. The Bertz CT molecular complexity index is 1030. The van der Waals surface area contributed by atoms with Crippen LogP contribution in [0.2, 0.25) is 0 Å². The number of rotatable bonds is 55. The smallest absolute Gasteiger partial charge is 0.305 e. The molecule has 0 aliphatic heterocycles. The van der Waals surface area contributed by atoms with Gasteiger partial charge in [-0.05, 0) is 70.6 Å². The lowest BCUT2D eigenvalue weighted by atomic mass is 10.0. The molecule has 6 nitrogen and oxygen atoms in total. The number of unbranched alkanes of at least 4 members (excludes halogenated alkanes) is 40. The van der Waals surface area contributed by atoms with E-state index in [-0.39, 0.29) is 18.5 Å². The average Bonchev–Trinajstić information content (AvgIpc) is 3.32. The van der Waals surface area contributed by atoms with Crippen LogP contribution in [0.3, 0.4) is 0 Å². The lowest BCUT2D eigenvalue weighted by Crippen LogP contribution is -2.45. The van der Waals surface area contributed by atoms with Crippen molar-refractivity contribution in [1.82, 2.24) is 5.32 Å². The first-order valence-corrected chi connectivity index (χ1v) is 29.6. The van der Waals surface area contributed by atoms with E-state index in [1.807, 2.05) is 0 Å². The van der Waals surface area contributed by atoms with E-state index in [1.165, 1.54) is 231 Å². The third-order valence-electron chi connectivity index (χ3n) is 13.7. The maximum absolute atomic E-state index is 12.5. The Morgan fingerprint density at radius 2 is 0.727 bits per heavy atom. The van der Waals surface area contributed by atoms with Gasteiger partial charge in [0, 0.05) is 12.8 Å². The van der Waals surface area contributed by atoms with Crippen LogP contribution < -0.4 is 5.32 Å². The summed E-state index contributed by atoms with van der Waals surface area (Å²) in [6, 6.07) is -0.552. The Morgan fingerprint density at radius 1 is 0.409 bits per heavy atom. The Hall–Kier alpha value is -1.66. The number of amides is 1. The van der Waals surface area contributed by atoms with Gasteiger partial charge in [-0.2, -0.15) is 0 Å². The molecule has 0 aliphatic rings. The third kappa shape index (κ3) is 51.7. The first-order chi connectivity index (χ1) is 32.5. The van der Waals surface area contributed by atoms with Crippen LogP contribution in [-0.4, -0.2) is 47.4 Å². The highest BCUT2D eigenvalue weighted by atomic mass is 16.5. The van der Waals surface area contributed by atoms with Crippen molar-refractivity contribution >= 4 is 11.9 Å². The number of hydrogen-bond donors (Lipinski definition) is 3. The molecule has 0 aromatic rings. The topological polar surface area (TPSA) is 95.9 Å². The fourth-order valence-corrected chi connectivity index (χ4v) is 9.15. The minimum Gasteiger partial charge on any atom is -0.466 e. The molecule has 0 aliphatic carbocycles. The fourth-order valence-electron chi connectivity index (χ4n) is 9.15. The minimum absolute atomic E-state index is 0.00777. The number of aliphatic hydroxyl groups excluding tert-OH is 2. The van der Waals surface area contributed by atoms with Crippen LogP contribution in [-0.2, 0) is 14.3 Å². The number of ether oxygens (including phenoxy) is 1. The molecule has 3 N–H and O–H groups in total. The summed E-state index contributed by atoms with van der Waals surface area (Å²) in [5.74, 6) is -0.0546. The molecule has 0 aromatic carbocycles. The van der Waals surface area contributed by atoms with Gasteiger partial charge in [0.05, 0.1) is 25.4 Å². The van der Waals surface area contributed by atoms with Crippen molar-refractivity contribution in [3.63, 3.8) is 0 Å². The van der Waals surface area contributed by atoms with E-state index in [1.54, 1.807) is 0 Å². The summed E-state index contributed by atoms with van der Waals surface area (Å²) in [6.07, 6.45) is 67.4. The lowest BCUT2D eigenvalue weighted by molar-refractivity contribution is -0.143. The van der Waals surface area contributed by atoms with Gasteiger partial charge in [-0.1, -0.05) is 263 Å². The van der Waals surface area contributed by atoms with E-state index in [2.05, 4.69) is 43.5 Å². The largest absolute Gasteiger partial charge is 0.466 e. The Kier molecular flexibility index (Phi) is 54.5. The summed E-state index contributed by atoms with van der Waals surface area (Å²) in [7, 11) is 0. The Labute approximate surface area is 411 Å². The number of allylic oxidation sites excluding steroid dienone is 4. The van der Waals surface area contributed by atoms with Crippen LogP contribution in [0.4, 0.5) is 0 Å². The zero-order valence-electron chi connectivity index (χ0n) is 44.4. The number of carbonyl (C=O) groups is 2. The van der Waals surface area contributed by atoms with Crippen LogP contribution in [0, 0.1) is 0 Å². The predicted octanol–water partition coefficient (Wildman–Crippen LogP) is 18.2. The van der Waals surface area contributed by atoms with E-state index in [4.69, 9.17) is 4.74 Å². The van der Waals surface area contributed by atoms with Gasteiger partial charge in [-0.3, -0.25) is 9.59 Å². The van der Waals surface area contributed by atoms with Gasteiger partial charge >= 0.3 is 5.97 Å². The van der Waals surface area contributed by atoms with Crippen molar-refractivity contribution in [1.29, 1.82) is 0 Å². The highest BCUT2D eigenvalue weighted by Gasteiger charge is 2.20. The van der Waals surface area contributed by atoms with Crippen LogP contribution in [0.25, 0.3) is 0 Å². The normalized spacial score (nSPS) is 12.7. The molecule has 66 heavy (non-hydrogen) atoms. The van der Waals surface area contributed by atoms with E-state index in [0.29, 0.717) is 25.9 Å². The molecular weight excluding hydrogens is 815 g/mol. The molecule has 0 saturated carbocycles. The summed E-state index contributed by atoms with van der Waals surface area (Å²) in [4.78, 5) is 24.5. The lowest BCUT2D eigenvalue weighted by Gasteiger charge is -2.22. The minimum atomic E-state index is -0.673. The second-order valence-corrected chi connectivity index (χ2v) is 20.3. The predicted molar refractivity (Wildman–Crippen MR) is 287 cm³/mol. The van der Waals surface area contributed by atoms with Crippen molar-refractivity contribution in [2.24, 2.45) is 0 Å². The van der Waals surface area contributed by atoms with Crippen molar-refractivity contribution in [2.75, 3.05) is 13.2 Å². The highest BCUT2D eigenvalue weighted by Crippen LogP contribution is 2.17. The molecule has 1 amide bonds. The van der Waals surface area contributed by atoms with Crippen LogP contribution in [0.1, 0.15) is 322 Å². The number of carbonyl (C=O) groups excluding carboxylic acids is 2. The molecule has 0 spiro atoms. The molecule has 0 saturated heterocycles. The average molecular weight is 931 g/mol. The summed E-state index contributed by atoms with van der Waals surface area (Å²) in [6.45, 7) is 4.91. The quantitative estimate of drug-likeness (QED) is 0.0321. The molecule has 2 unspecified atom stereocenters. The number of aliphatic hydroxyl groups is 2. The van der Waals surface area contributed by atoms with Gasteiger partial charge in [-0.15, -0.1) is 0 Å². The maximum Gasteiger partial charge on any atom is 0.305 e. The Morgan fingerprint density at radius 3 is 1.12 bits per heavy atom. The number of hydrogen-bond acceptors (Lipinski definition) is 5. The van der Waals surface area contributed by atoms with E-state index >= 15 is 0 Å². The third-order valence-corrected chi connectivity index (χ3v) is 13.7. The standard InChI is InChI=1S/C60H115NO5/c1-3-5-7-9-11-13-15-16-17-18-19-20-23-26-29-33-36-40-44-48-52-58(63)57(56-62)61-59(64)53-49-45-41-37-34-30-27-24-21-22-25-28-31-35-39-43-47-51-55-66-60(65)54-50-46-42-38-32-14-12-10-8-6-4-2/h10,12,24,27,57-58,62-63H,3-9,11,13-23,25-26,28-56H2,1-2H3,(H,61,64)/b12-10-,27-24-. The van der Waals surface area contributed by atoms with Gasteiger partial charge in [-0.25, -0.2) is 0 Å². The van der Waals surface area contributed by atoms with Gasteiger partial charge in [0.15, 0.2) is 0 Å². The summed E-state index contributed by atoms with van der Waals surface area (Å²) < 4.78 is 5.45. The molecular formula is C60H115NO5. The molecule has 2 atom stereocenters. The molecule has 0 aromatic heterocycles. The highest BCUT2D eigenvalue weighted by molar-refractivity contribution is 5.76. The van der Waals surface area contributed by atoms with E-state index < -0.39 is 12.1 Å². The molecule has 0 heterocycles. The van der Waals surface area contributed by atoms with Gasteiger partial charge in [0.1, 0.15) is 0 Å². The SMILES string of the molecule is CCCC/C=C\CCCCCCCC(=O)OCCCCCCCCCCC/C=C\CCCCCCCC(=O)NC(CO)C(O)CCCCCCCCCCCCCCCCCCCCCC. The summed E-state index contributed by atoms with van der Waals surface area (Å²) >= 11 is 0. The Balaban J connectivity index is 3.46. The van der Waals surface area contributed by atoms with Gasteiger partial charge in [0.2, 0.25) is 5.91 Å².